The van der Waals surface area contributed by atoms with Crippen molar-refractivity contribution in [2.24, 2.45) is 5.92 Å². The van der Waals surface area contributed by atoms with E-state index in [1.807, 2.05) is 20.8 Å². The number of urea groups is 2. The van der Waals surface area contributed by atoms with Crippen LogP contribution in [0.4, 0.5) is 21.0 Å². The number of benzene rings is 1. The number of hydrogen-bond donors (Lipinski definition) is 4. The van der Waals surface area contributed by atoms with Crippen LogP contribution < -0.4 is 20.7 Å². The third-order valence-electron chi connectivity index (χ3n) is 6.41. The van der Waals surface area contributed by atoms with Crippen LogP contribution in [0, 0.1) is 19.8 Å². The van der Waals surface area contributed by atoms with Crippen LogP contribution in [-0.2, 0) is 0 Å². The molecule has 0 radical (unpaired) electrons. The van der Waals surface area contributed by atoms with Crippen molar-refractivity contribution in [3.63, 3.8) is 0 Å². The summed E-state index contributed by atoms with van der Waals surface area (Å²) in [5.41, 5.74) is 1.63. The van der Waals surface area contributed by atoms with Gasteiger partial charge in [-0.3, -0.25) is 4.79 Å². The summed E-state index contributed by atoms with van der Waals surface area (Å²) >= 11 is 0. The highest BCUT2D eigenvalue weighted by Gasteiger charge is 2.34. The molecule has 1 aromatic carbocycles. The molecule has 0 saturated heterocycles. The lowest BCUT2D eigenvalue weighted by Gasteiger charge is -2.38. The van der Waals surface area contributed by atoms with E-state index in [4.69, 9.17) is 9.26 Å². The van der Waals surface area contributed by atoms with Crippen molar-refractivity contribution >= 4 is 29.3 Å². The predicted molar refractivity (Wildman–Crippen MR) is 143 cm³/mol. The largest absolute Gasteiger partial charge is 0.487 e. The number of nitrogens with one attached hydrogen (secondary N) is 3. The van der Waals surface area contributed by atoms with Crippen LogP contribution in [0.15, 0.2) is 22.7 Å². The fourth-order valence-electron chi connectivity index (χ4n) is 4.17. The van der Waals surface area contributed by atoms with Crippen molar-refractivity contribution in [2.75, 3.05) is 37.4 Å². The number of amides is 5. The van der Waals surface area contributed by atoms with Crippen LogP contribution in [0.3, 0.4) is 0 Å². The second kappa shape index (κ2) is 12.2. The molecule has 2 heterocycles. The molecule has 3 atom stereocenters. The Morgan fingerprint density at radius 2 is 1.95 bits per heavy atom. The van der Waals surface area contributed by atoms with E-state index in [0.717, 1.165) is 0 Å². The molecule has 0 aliphatic carbocycles. The van der Waals surface area contributed by atoms with Gasteiger partial charge in [-0.05, 0) is 52.8 Å². The van der Waals surface area contributed by atoms with Gasteiger partial charge in [-0.1, -0.05) is 12.1 Å². The minimum atomic E-state index is -0.525. The van der Waals surface area contributed by atoms with Gasteiger partial charge in [0, 0.05) is 31.2 Å². The van der Waals surface area contributed by atoms with Gasteiger partial charge in [-0.2, -0.15) is 0 Å². The zero-order valence-electron chi connectivity index (χ0n) is 23.0. The van der Waals surface area contributed by atoms with Crippen LogP contribution in [0.25, 0.3) is 0 Å². The van der Waals surface area contributed by atoms with Crippen LogP contribution in [-0.4, -0.2) is 83.0 Å². The molecule has 0 fully saturated rings. The second-order valence-corrected chi connectivity index (χ2v) is 10.1. The van der Waals surface area contributed by atoms with Gasteiger partial charge in [0.15, 0.2) is 5.76 Å². The molecule has 38 heavy (non-hydrogen) atoms. The number of rotatable bonds is 7. The summed E-state index contributed by atoms with van der Waals surface area (Å²) in [7, 11) is 1.69. The summed E-state index contributed by atoms with van der Waals surface area (Å²) in [4.78, 5) is 41.9. The first-order valence-corrected chi connectivity index (χ1v) is 12.7. The second-order valence-electron chi connectivity index (χ2n) is 10.1. The zero-order chi connectivity index (χ0) is 28.1. The number of anilines is 2. The number of nitrogens with zero attached hydrogens (tertiary/aromatic N) is 3. The third-order valence-corrected chi connectivity index (χ3v) is 6.41. The molecule has 0 spiro atoms. The summed E-state index contributed by atoms with van der Waals surface area (Å²) in [5.74, 6) is 0.331. The Morgan fingerprint density at radius 1 is 1.24 bits per heavy atom. The number of carbonyl (C=O) groups excluding carboxylic acids is 3. The lowest BCUT2D eigenvalue weighted by Crippen LogP contribution is -2.51. The summed E-state index contributed by atoms with van der Waals surface area (Å²) in [6.45, 7) is 11.3. The van der Waals surface area contributed by atoms with Crippen molar-refractivity contribution < 1.29 is 28.8 Å². The molecule has 5 amide bonds. The normalized spacial score (nSPS) is 18.1. The van der Waals surface area contributed by atoms with Crippen LogP contribution in [0.1, 0.15) is 49.5 Å². The number of likely N-dealkylation sites (N-methyl/N-ethyl adjacent to an activating group) is 1. The van der Waals surface area contributed by atoms with Crippen LogP contribution in [0.2, 0.25) is 0 Å². The van der Waals surface area contributed by atoms with Crippen molar-refractivity contribution in [1.82, 2.24) is 20.3 Å². The SMILES string of the molecule is Cc1noc(C)c1NC(=O)Nc1ccc2c(c1)C(=O)N([C@@H](C)CO)C[C@H](C)[C@@H](CN(C)C(=O)NC(C)C)O2. The maximum atomic E-state index is 13.6. The van der Waals surface area contributed by atoms with Crippen molar-refractivity contribution in [3.05, 3.63) is 35.2 Å². The third kappa shape index (κ3) is 6.74. The molecule has 12 heteroatoms. The highest BCUT2D eigenvalue weighted by atomic mass is 16.5. The summed E-state index contributed by atoms with van der Waals surface area (Å²) in [6.07, 6.45) is -0.431. The Kier molecular flexibility index (Phi) is 9.21. The number of ether oxygens (including phenoxy) is 1. The van der Waals surface area contributed by atoms with Gasteiger partial charge in [0.25, 0.3) is 5.91 Å². The van der Waals surface area contributed by atoms with Gasteiger partial charge in [0.05, 0.1) is 24.8 Å². The highest BCUT2D eigenvalue weighted by Crippen LogP contribution is 2.31. The van der Waals surface area contributed by atoms with Crippen LogP contribution in [0.5, 0.6) is 5.75 Å². The van der Waals surface area contributed by atoms with Crippen molar-refractivity contribution in [1.29, 1.82) is 0 Å². The molecular weight excluding hydrogens is 492 g/mol. The predicted octanol–water partition coefficient (Wildman–Crippen LogP) is 3.21. The number of hydrogen-bond acceptors (Lipinski definition) is 7. The minimum absolute atomic E-state index is 0.0133. The van der Waals surface area contributed by atoms with Gasteiger partial charge in [-0.15, -0.1) is 0 Å². The Hall–Kier alpha value is -3.80. The summed E-state index contributed by atoms with van der Waals surface area (Å²) in [6, 6.07) is 3.60. The van der Waals surface area contributed by atoms with Crippen molar-refractivity contribution in [2.45, 2.75) is 59.7 Å². The molecule has 12 nitrogen and oxygen atoms in total. The monoisotopic (exact) mass is 530 g/mol. The summed E-state index contributed by atoms with van der Waals surface area (Å²) < 4.78 is 11.4. The van der Waals surface area contributed by atoms with E-state index in [1.165, 1.54) is 0 Å². The maximum Gasteiger partial charge on any atom is 0.323 e. The zero-order valence-corrected chi connectivity index (χ0v) is 23.0. The molecule has 0 saturated carbocycles. The van der Waals surface area contributed by atoms with Gasteiger partial charge < -0.3 is 40.1 Å². The van der Waals surface area contributed by atoms with Gasteiger partial charge in [0.2, 0.25) is 0 Å². The number of aromatic nitrogens is 1. The topological polar surface area (TPSA) is 149 Å². The van der Waals surface area contributed by atoms with E-state index in [-0.39, 0.29) is 42.6 Å². The lowest BCUT2D eigenvalue weighted by molar-refractivity contribution is 0.0366. The number of aryl methyl sites for hydroxylation is 2. The lowest BCUT2D eigenvalue weighted by atomic mass is 9.99. The molecule has 1 aromatic heterocycles. The maximum absolute atomic E-state index is 13.6. The smallest absolute Gasteiger partial charge is 0.323 e. The highest BCUT2D eigenvalue weighted by molar-refractivity contribution is 6.03. The molecule has 3 rings (SSSR count). The first kappa shape index (κ1) is 28.8. The number of fused-ring (bicyclic) bond motifs is 1. The molecule has 208 valence electrons. The quantitative estimate of drug-likeness (QED) is 0.429. The molecule has 0 unspecified atom stereocenters. The Morgan fingerprint density at radius 3 is 2.55 bits per heavy atom. The minimum Gasteiger partial charge on any atom is -0.487 e. The van der Waals surface area contributed by atoms with Crippen LogP contribution >= 0.6 is 0 Å². The standard InChI is InChI=1S/C26H38N6O6/c1-14(2)27-26(36)31(7)12-22-15(3)11-32(16(4)13-33)24(34)20-10-19(8-9-21(20)37-22)28-25(35)29-23-17(5)30-38-18(23)6/h8-10,14-16,22,33H,11-13H2,1-7H3,(H,27,36)(H2,28,29,35)/t15-,16-,22+/m0/s1. The van der Waals surface area contributed by atoms with E-state index >= 15 is 0 Å². The first-order chi connectivity index (χ1) is 17.9. The number of carbonyl (C=O) groups is 3. The average Bonchev–Trinajstić information content (AvgIpc) is 3.17. The summed E-state index contributed by atoms with van der Waals surface area (Å²) in [5, 5.41) is 22.0. The Bertz CT molecular complexity index is 1150. The van der Waals surface area contributed by atoms with Gasteiger partial charge in [-0.25, -0.2) is 9.59 Å². The Labute approximate surface area is 222 Å². The van der Waals surface area contributed by atoms with Gasteiger partial charge in [0.1, 0.15) is 23.2 Å². The fraction of sp³-hybridized carbons (Fsp3) is 0.538. The number of aliphatic hydroxyl groups is 1. The van der Waals surface area contributed by atoms with E-state index < -0.39 is 18.2 Å². The molecular formula is C26H38N6O6. The molecule has 0 bridgehead atoms. The van der Waals surface area contributed by atoms with Gasteiger partial charge >= 0.3 is 12.1 Å². The molecule has 1 aliphatic rings. The fourth-order valence-corrected chi connectivity index (χ4v) is 4.17. The van der Waals surface area contributed by atoms with E-state index in [2.05, 4.69) is 21.1 Å². The number of aliphatic hydroxyl groups excluding tert-OH is 1. The molecule has 2 aromatic rings. The Balaban J connectivity index is 1.88. The van der Waals surface area contributed by atoms with E-state index in [9.17, 15) is 19.5 Å². The molecule has 1 aliphatic heterocycles. The van der Waals surface area contributed by atoms with Crippen molar-refractivity contribution in [3.8, 4) is 5.75 Å². The van der Waals surface area contributed by atoms with E-state index in [0.29, 0.717) is 35.1 Å². The average molecular weight is 531 g/mol. The first-order valence-electron chi connectivity index (χ1n) is 12.7. The van der Waals surface area contributed by atoms with E-state index in [1.54, 1.807) is 55.8 Å². The molecule has 4 N–H and O–H groups in total.